The third-order valence-corrected chi connectivity index (χ3v) is 3.87. The molecule has 27 heavy (non-hydrogen) atoms. The minimum Gasteiger partial charge on any atom is -0.488 e. The lowest BCUT2D eigenvalue weighted by molar-refractivity contribution is -0.274. The first-order chi connectivity index (χ1) is 12.9. The van der Waals surface area contributed by atoms with Gasteiger partial charge in [-0.25, -0.2) is 0 Å². The molecular weight excluding hydrogens is 357 g/mol. The smallest absolute Gasteiger partial charge is 0.488 e. The Morgan fingerprint density at radius 1 is 0.815 bits per heavy atom. The van der Waals surface area contributed by atoms with Crippen LogP contribution in [0.4, 0.5) is 13.2 Å². The summed E-state index contributed by atoms with van der Waals surface area (Å²) in [7, 11) is 0. The van der Waals surface area contributed by atoms with E-state index in [-0.39, 0.29) is 24.7 Å². The van der Waals surface area contributed by atoms with Crippen molar-refractivity contribution in [1.29, 1.82) is 0 Å². The van der Waals surface area contributed by atoms with Crippen LogP contribution in [0.15, 0.2) is 72.8 Å². The molecule has 0 unspecified atom stereocenters. The van der Waals surface area contributed by atoms with E-state index >= 15 is 0 Å². The highest BCUT2D eigenvalue weighted by atomic mass is 19.4. The molecule has 140 valence electrons. The Labute approximate surface area is 154 Å². The number of hydrogen-bond donors (Lipinski definition) is 1. The highest BCUT2D eigenvalue weighted by molar-refractivity contribution is 5.71. The molecule has 0 amide bonds. The number of halogens is 3. The van der Waals surface area contributed by atoms with E-state index in [9.17, 15) is 13.2 Å². The summed E-state index contributed by atoms with van der Waals surface area (Å²) in [6, 6.07) is 20.4. The molecule has 0 aromatic heterocycles. The number of benzene rings is 3. The fourth-order valence-corrected chi connectivity index (χ4v) is 2.58. The van der Waals surface area contributed by atoms with Crippen molar-refractivity contribution in [3.8, 4) is 22.6 Å². The number of aliphatic hydroxyl groups is 1. The molecule has 1 N–H and O–H groups in total. The monoisotopic (exact) mass is 374 g/mol. The van der Waals surface area contributed by atoms with Crippen molar-refractivity contribution in [2.75, 3.05) is 0 Å². The predicted octanol–water partition coefficient (Wildman–Crippen LogP) is 5.32. The Morgan fingerprint density at radius 3 is 2.15 bits per heavy atom. The quantitative estimate of drug-likeness (QED) is 0.634. The van der Waals surface area contributed by atoms with Gasteiger partial charge in [-0.2, -0.15) is 0 Å². The second-order valence-electron chi connectivity index (χ2n) is 5.84. The Morgan fingerprint density at radius 2 is 1.52 bits per heavy atom. The van der Waals surface area contributed by atoms with E-state index in [0.717, 1.165) is 16.7 Å². The summed E-state index contributed by atoms with van der Waals surface area (Å²) in [5, 5.41) is 9.16. The normalized spacial score (nSPS) is 11.3. The number of ether oxygens (including phenoxy) is 2. The summed E-state index contributed by atoms with van der Waals surface area (Å²) < 4.78 is 47.4. The molecule has 0 spiro atoms. The van der Waals surface area contributed by atoms with Crippen LogP contribution >= 0.6 is 0 Å². The lowest BCUT2D eigenvalue weighted by Crippen LogP contribution is -2.17. The van der Waals surface area contributed by atoms with Crippen LogP contribution in [0.1, 0.15) is 11.1 Å². The molecule has 0 aliphatic rings. The number of aliphatic hydroxyl groups excluding tert-OH is 1. The van der Waals surface area contributed by atoms with Gasteiger partial charge in [-0.3, -0.25) is 0 Å². The highest BCUT2D eigenvalue weighted by Crippen LogP contribution is 2.36. The van der Waals surface area contributed by atoms with Gasteiger partial charge in [0.25, 0.3) is 0 Å². The van der Waals surface area contributed by atoms with Gasteiger partial charge in [0.1, 0.15) is 18.1 Å². The van der Waals surface area contributed by atoms with Crippen molar-refractivity contribution in [3.63, 3.8) is 0 Å². The van der Waals surface area contributed by atoms with Crippen LogP contribution in [0.3, 0.4) is 0 Å². The van der Waals surface area contributed by atoms with E-state index in [4.69, 9.17) is 9.84 Å². The molecule has 0 saturated carbocycles. The van der Waals surface area contributed by atoms with Crippen LogP contribution in [0, 0.1) is 0 Å². The molecule has 3 aromatic rings. The third kappa shape index (κ3) is 5.24. The minimum atomic E-state index is -4.78. The van der Waals surface area contributed by atoms with Crippen LogP contribution in [0.25, 0.3) is 11.1 Å². The van der Waals surface area contributed by atoms with Gasteiger partial charge in [0.05, 0.1) is 6.61 Å². The number of hydrogen-bond acceptors (Lipinski definition) is 3. The molecule has 0 aliphatic carbocycles. The van der Waals surface area contributed by atoms with Crippen molar-refractivity contribution in [2.45, 2.75) is 19.6 Å². The topological polar surface area (TPSA) is 38.7 Å². The molecule has 0 atom stereocenters. The maximum absolute atomic E-state index is 12.5. The molecule has 3 nitrogen and oxygen atoms in total. The Bertz CT molecular complexity index is 875. The van der Waals surface area contributed by atoms with E-state index in [1.54, 1.807) is 24.3 Å². The summed E-state index contributed by atoms with van der Waals surface area (Å²) >= 11 is 0. The molecule has 3 aromatic carbocycles. The zero-order valence-electron chi connectivity index (χ0n) is 14.2. The standard InChI is InChI=1S/C21H17F3O3/c22-21(23,24)27-18-10-11-19(17-8-6-15(13-25)7-9-17)20(12-18)26-14-16-4-2-1-3-5-16/h1-12,25H,13-14H2. The van der Waals surface area contributed by atoms with E-state index in [0.29, 0.717) is 5.56 Å². The Hall–Kier alpha value is -2.99. The predicted molar refractivity (Wildman–Crippen MR) is 95.3 cm³/mol. The molecule has 0 aliphatic heterocycles. The van der Waals surface area contributed by atoms with Crippen molar-refractivity contribution >= 4 is 0 Å². The van der Waals surface area contributed by atoms with Crippen LogP contribution in [-0.2, 0) is 13.2 Å². The summed E-state index contributed by atoms with van der Waals surface area (Å²) in [6.07, 6.45) is -4.78. The van der Waals surface area contributed by atoms with Gasteiger partial charge in [-0.05, 0) is 28.8 Å². The number of rotatable bonds is 6. The van der Waals surface area contributed by atoms with Crippen molar-refractivity contribution < 1.29 is 27.8 Å². The van der Waals surface area contributed by atoms with E-state index in [1.807, 2.05) is 30.3 Å². The SMILES string of the molecule is OCc1ccc(-c2ccc(OC(F)(F)F)cc2OCc2ccccc2)cc1. The van der Waals surface area contributed by atoms with Crippen LogP contribution in [-0.4, -0.2) is 11.5 Å². The first kappa shape index (κ1) is 18.8. The maximum atomic E-state index is 12.5. The molecule has 0 radical (unpaired) electrons. The summed E-state index contributed by atoms with van der Waals surface area (Å²) in [6.45, 7) is 0.119. The van der Waals surface area contributed by atoms with Gasteiger partial charge in [0, 0.05) is 11.6 Å². The third-order valence-electron chi connectivity index (χ3n) is 3.87. The average Bonchev–Trinajstić information content (AvgIpc) is 2.66. The fourth-order valence-electron chi connectivity index (χ4n) is 2.58. The first-order valence-electron chi connectivity index (χ1n) is 8.21. The Balaban J connectivity index is 1.92. The second kappa shape index (κ2) is 8.14. The molecule has 6 heteroatoms. The van der Waals surface area contributed by atoms with Gasteiger partial charge in [-0.15, -0.1) is 13.2 Å². The molecule has 0 heterocycles. The van der Waals surface area contributed by atoms with Crippen molar-refractivity contribution in [3.05, 3.63) is 83.9 Å². The minimum absolute atomic E-state index is 0.0873. The molecular formula is C21H17F3O3. The van der Waals surface area contributed by atoms with Gasteiger partial charge in [-0.1, -0.05) is 54.6 Å². The second-order valence-corrected chi connectivity index (χ2v) is 5.84. The summed E-state index contributed by atoms with van der Waals surface area (Å²) in [4.78, 5) is 0. The molecule has 0 fully saturated rings. The van der Waals surface area contributed by atoms with E-state index < -0.39 is 6.36 Å². The lowest BCUT2D eigenvalue weighted by atomic mass is 10.0. The van der Waals surface area contributed by atoms with Gasteiger partial charge >= 0.3 is 6.36 Å². The molecule has 0 saturated heterocycles. The van der Waals surface area contributed by atoms with Crippen molar-refractivity contribution in [2.24, 2.45) is 0 Å². The average molecular weight is 374 g/mol. The van der Waals surface area contributed by atoms with E-state index in [2.05, 4.69) is 4.74 Å². The number of alkyl halides is 3. The van der Waals surface area contributed by atoms with Gasteiger partial charge in [0.2, 0.25) is 0 Å². The van der Waals surface area contributed by atoms with Crippen LogP contribution in [0.2, 0.25) is 0 Å². The lowest BCUT2D eigenvalue weighted by Gasteiger charge is -2.15. The van der Waals surface area contributed by atoms with Crippen molar-refractivity contribution in [1.82, 2.24) is 0 Å². The van der Waals surface area contributed by atoms with Crippen LogP contribution < -0.4 is 9.47 Å². The first-order valence-corrected chi connectivity index (χ1v) is 8.21. The zero-order valence-corrected chi connectivity index (χ0v) is 14.2. The summed E-state index contributed by atoms with van der Waals surface area (Å²) in [5.74, 6) is -0.0707. The Kier molecular flexibility index (Phi) is 5.66. The summed E-state index contributed by atoms with van der Waals surface area (Å²) in [5.41, 5.74) is 3.02. The highest BCUT2D eigenvalue weighted by Gasteiger charge is 2.31. The molecule has 0 bridgehead atoms. The largest absolute Gasteiger partial charge is 0.573 e. The van der Waals surface area contributed by atoms with E-state index in [1.165, 1.54) is 18.2 Å². The van der Waals surface area contributed by atoms with Gasteiger partial charge < -0.3 is 14.6 Å². The maximum Gasteiger partial charge on any atom is 0.573 e. The fraction of sp³-hybridized carbons (Fsp3) is 0.143. The molecule has 3 rings (SSSR count). The zero-order chi connectivity index (χ0) is 19.3. The van der Waals surface area contributed by atoms with Crippen LogP contribution in [0.5, 0.6) is 11.5 Å². The van der Waals surface area contributed by atoms with Gasteiger partial charge in [0.15, 0.2) is 0 Å².